The third kappa shape index (κ3) is 2.66. The average Bonchev–Trinajstić information content (AvgIpc) is 2.97. The van der Waals surface area contributed by atoms with E-state index in [0.717, 1.165) is 20.4 Å². The highest BCUT2D eigenvalue weighted by Gasteiger charge is 2.13. The molecule has 0 N–H and O–H groups in total. The summed E-state index contributed by atoms with van der Waals surface area (Å²) in [5.41, 5.74) is 2.93. The Labute approximate surface area is 133 Å². The lowest BCUT2D eigenvalue weighted by Crippen LogP contribution is -1.96. The summed E-state index contributed by atoms with van der Waals surface area (Å²) < 4.78 is 0.879. The monoisotopic (exact) mass is 398 g/mol. The summed E-state index contributed by atoms with van der Waals surface area (Å²) in [6.07, 6.45) is 0. The van der Waals surface area contributed by atoms with Crippen LogP contribution in [0.1, 0.15) is 0 Å². The Morgan fingerprint density at radius 3 is 2.47 bits per heavy atom. The van der Waals surface area contributed by atoms with Crippen LogP contribution >= 0.6 is 45.5 Å². The molecule has 0 saturated heterocycles. The van der Waals surface area contributed by atoms with E-state index in [4.69, 9.17) is 11.6 Å². The molecular weight excluding hydrogens is 391 g/mol. The predicted molar refractivity (Wildman–Crippen MR) is 88.5 cm³/mol. The minimum atomic E-state index is 0.496. The van der Waals surface area contributed by atoms with E-state index in [-0.39, 0.29) is 0 Å². The Hall–Kier alpha value is -0.980. The second-order valence-corrected chi connectivity index (χ2v) is 6.10. The van der Waals surface area contributed by atoms with Gasteiger partial charge in [-0.2, -0.15) is 11.3 Å². The minimum Gasteiger partial charge on any atom is -0.227 e. The summed E-state index contributed by atoms with van der Waals surface area (Å²) in [6, 6.07) is 12.0. The van der Waals surface area contributed by atoms with Crippen LogP contribution in [0.3, 0.4) is 0 Å². The normalized spacial score (nSPS) is 10.6. The highest BCUT2D eigenvalue weighted by Crippen LogP contribution is 2.30. The van der Waals surface area contributed by atoms with Crippen LogP contribution in [-0.2, 0) is 0 Å². The Morgan fingerprint density at radius 1 is 1.00 bits per heavy atom. The second kappa shape index (κ2) is 5.56. The SMILES string of the molecule is Clc1nc(-c2ccsc2)nc(-c2ccccc2)c1I. The molecule has 19 heavy (non-hydrogen) atoms. The van der Waals surface area contributed by atoms with Crippen molar-refractivity contribution in [3.8, 4) is 22.6 Å². The lowest BCUT2D eigenvalue weighted by Gasteiger charge is -2.07. The summed E-state index contributed by atoms with van der Waals surface area (Å²) in [5, 5.41) is 4.52. The summed E-state index contributed by atoms with van der Waals surface area (Å²) in [4.78, 5) is 9.00. The number of hydrogen-bond acceptors (Lipinski definition) is 3. The van der Waals surface area contributed by atoms with Crippen LogP contribution < -0.4 is 0 Å². The lowest BCUT2D eigenvalue weighted by molar-refractivity contribution is 1.17. The lowest BCUT2D eigenvalue weighted by atomic mass is 10.1. The van der Waals surface area contributed by atoms with E-state index in [2.05, 4.69) is 32.6 Å². The minimum absolute atomic E-state index is 0.496. The molecule has 3 rings (SSSR count). The Balaban J connectivity index is 2.20. The van der Waals surface area contributed by atoms with Crippen molar-refractivity contribution >= 4 is 45.5 Å². The fourth-order valence-corrected chi connectivity index (χ4v) is 3.08. The van der Waals surface area contributed by atoms with Crippen molar-refractivity contribution in [2.75, 3.05) is 0 Å². The van der Waals surface area contributed by atoms with Gasteiger partial charge in [0, 0.05) is 16.5 Å². The number of benzene rings is 1. The van der Waals surface area contributed by atoms with Crippen molar-refractivity contribution in [1.29, 1.82) is 0 Å². The Bertz CT molecular complexity index is 699. The molecule has 0 radical (unpaired) electrons. The molecule has 2 nitrogen and oxygen atoms in total. The van der Waals surface area contributed by atoms with Gasteiger partial charge >= 0.3 is 0 Å². The van der Waals surface area contributed by atoms with Crippen LogP contribution in [0.5, 0.6) is 0 Å². The predicted octanol–water partition coefficient (Wildman–Crippen LogP) is 5.13. The molecule has 0 fully saturated rings. The van der Waals surface area contributed by atoms with Crippen molar-refractivity contribution in [3.63, 3.8) is 0 Å². The highest BCUT2D eigenvalue weighted by molar-refractivity contribution is 14.1. The first kappa shape index (κ1) is 13.0. The van der Waals surface area contributed by atoms with Crippen LogP contribution in [0.25, 0.3) is 22.6 Å². The average molecular weight is 399 g/mol. The van der Waals surface area contributed by atoms with Gasteiger partial charge in [-0.05, 0) is 34.0 Å². The molecule has 0 unspecified atom stereocenters. The molecule has 0 saturated carbocycles. The molecule has 2 aromatic heterocycles. The van der Waals surface area contributed by atoms with Crippen LogP contribution in [0, 0.1) is 3.57 Å². The number of rotatable bonds is 2. The first-order chi connectivity index (χ1) is 9.25. The summed E-state index contributed by atoms with van der Waals surface area (Å²) in [5.74, 6) is 0.672. The zero-order valence-corrected chi connectivity index (χ0v) is 13.4. The maximum atomic E-state index is 6.23. The van der Waals surface area contributed by atoms with Crippen molar-refractivity contribution in [3.05, 3.63) is 55.9 Å². The molecule has 0 spiro atoms. The number of thiophene rings is 1. The van der Waals surface area contributed by atoms with Gasteiger partial charge in [-0.25, -0.2) is 9.97 Å². The third-order valence-corrected chi connectivity index (χ3v) is 4.93. The van der Waals surface area contributed by atoms with E-state index in [1.54, 1.807) is 11.3 Å². The smallest absolute Gasteiger partial charge is 0.162 e. The molecule has 0 aliphatic carbocycles. The molecule has 0 aliphatic heterocycles. The number of halogens is 2. The van der Waals surface area contributed by atoms with Gasteiger partial charge in [-0.15, -0.1) is 0 Å². The van der Waals surface area contributed by atoms with Crippen molar-refractivity contribution in [1.82, 2.24) is 9.97 Å². The summed E-state index contributed by atoms with van der Waals surface area (Å²) >= 11 is 10.0. The second-order valence-electron chi connectivity index (χ2n) is 3.88. The van der Waals surface area contributed by atoms with Gasteiger partial charge < -0.3 is 0 Å². The van der Waals surface area contributed by atoms with Gasteiger partial charge in [0.1, 0.15) is 5.15 Å². The first-order valence-electron chi connectivity index (χ1n) is 5.57. The van der Waals surface area contributed by atoms with Crippen molar-refractivity contribution in [2.24, 2.45) is 0 Å². The molecule has 0 aliphatic rings. The van der Waals surface area contributed by atoms with Gasteiger partial charge in [0.2, 0.25) is 0 Å². The number of nitrogens with zero attached hydrogens (tertiary/aromatic N) is 2. The van der Waals surface area contributed by atoms with Crippen LogP contribution in [0.15, 0.2) is 47.2 Å². The van der Waals surface area contributed by atoms with Crippen LogP contribution in [-0.4, -0.2) is 9.97 Å². The van der Waals surface area contributed by atoms with E-state index in [9.17, 15) is 0 Å². The maximum absolute atomic E-state index is 6.23. The summed E-state index contributed by atoms with van der Waals surface area (Å²) in [6.45, 7) is 0. The van der Waals surface area contributed by atoms with E-state index in [0.29, 0.717) is 11.0 Å². The van der Waals surface area contributed by atoms with E-state index < -0.39 is 0 Å². The maximum Gasteiger partial charge on any atom is 0.162 e. The van der Waals surface area contributed by atoms with Crippen LogP contribution in [0.2, 0.25) is 5.15 Å². The van der Waals surface area contributed by atoms with Gasteiger partial charge in [-0.3, -0.25) is 0 Å². The van der Waals surface area contributed by atoms with E-state index >= 15 is 0 Å². The standard InChI is InChI=1S/C14H8ClIN2S/c15-13-11(16)12(9-4-2-1-3-5-9)17-14(18-13)10-6-7-19-8-10/h1-8H. The molecule has 2 heterocycles. The Morgan fingerprint density at radius 2 is 1.79 bits per heavy atom. The van der Waals surface area contributed by atoms with Crippen molar-refractivity contribution in [2.45, 2.75) is 0 Å². The third-order valence-electron chi connectivity index (χ3n) is 2.64. The highest BCUT2D eigenvalue weighted by atomic mass is 127. The number of hydrogen-bond donors (Lipinski definition) is 0. The quantitative estimate of drug-likeness (QED) is 0.442. The molecule has 5 heteroatoms. The molecule has 0 atom stereocenters. The van der Waals surface area contributed by atoms with Crippen molar-refractivity contribution < 1.29 is 0 Å². The fraction of sp³-hybridized carbons (Fsp3) is 0. The van der Waals surface area contributed by atoms with Gasteiger partial charge in [0.15, 0.2) is 5.82 Å². The Kier molecular flexibility index (Phi) is 3.81. The molecule has 0 amide bonds. The topological polar surface area (TPSA) is 25.8 Å². The summed E-state index contributed by atoms with van der Waals surface area (Å²) in [7, 11) is 0. The zero-order chi connectivity index (χ0) is 13.2. The fourth-order valence-electron chi connectivity index (χ4n) is 1.73. The molecule has 0 bridgehead atoms. The molecular formula is C14H8ClIN2S. The van der Waals surface area contributed by atoms with Gasteiger partial charge in [-0.1, -0.05) is 41.9 Å². The largest absolute Gasteiger partial charge is 0.227 e. The molecule has 3 aromatic rings. The number of aromatic nitrogens is 2. The van der Waals surface area contributed by atoms with Crippen LogP contribution in [0.4, 0.5) is 0 Å². The first-order valence-corrected chi connectivity index (χ1v) is 7.96. The molecule has 94 valence electrons. The zero-order valence-electron chi connectivity index (χ0n) is 9.68. The van der Waals surface area contributed by atoms with Gasteiger partial charge in [0.05, 0.1) is 9.26 Å². The molecule has 1 aromatic carbocycles. The van der Waals surface area contributed by atoms with E-state index in [1.165, 1.54) is 0 Å². The van der Waals surface area contributed by atoms with E-state index in [1.807, 2.05) is 47.2 Å². The van der Waals surface area contributed by atoms with Gasteiger partial charge in [0.25, 0.3) is 0 Å².